The highest BCUT2D eigenvalue weighted by Gasteiger charge is 2.18. The number of amides is 1. The molecule has 1 amide bonds. The average molecular weight is 346 g/mol. The fraction of sp³-hybridized carbons (Fsp3) is 0.375. The van der Waals surface area contributed by atoms with Crippen LogP contribution in [0, 0.1) is 0 Å². The van der Waals surface area contributed by atoms with E-state index in [0.717, 1.165) is 12.8 Å². The SMILES string of the molecule is CC(CCc1ccccc1)NC(=O)C(C)Sc1nc(N)nc(N)n1. The van der Waals surface area contributed by atoms with E-state index < -0.39 is 0 Å². The van der Waals surface area contributed by atoms with E-state index >= 15 is 0 Å². The molecular formula is C16H22N6OS. The Kier molecular flexibility index (Phi) is 6.36. The van der Waals surface area contributed by atoms with Crippen molar-refractivity contribution >= 4 is 29.6 Å². The quantitative estimate of drug-likeness (QED) is 0.652. The van der Waals surface area contributed by atoms with Crippen molar-refractivity contribution in [2.45, 2.75) is 43.1 Å². The summed E-state index contributed by atoms with van der Waals surface area (Å²) in [4.78, 5) is 23.9. The first kappa shape index (κ1) is 18.0. The summed E-state index contributed by atoms with van der Waals surface area (Å²) in [5.74, 6) is 0.0285. The molecule has 8 heteroatoms. The Hall–Kier alpha value is -2.35. The van der Waals surface area contributed by atoms with Gasteiger partial charge in [0.05, 0.1) is 5.25 Å². The summed E-state index contributed by atoms with van der Waals surface area (Å²) >= 11 is 1.20. The minimum absolute atomic E-state index is 0.0498. The van der Waals surface area contributed by atoms with E-state index in [9.17, 15) is 4.79 Å². The lowest BCUT2D eigenvalue weighted by Crippen LogP contribution is -2.38. The van der Waals surface area contributed by atoms with Crippen LogP contribution in [0.4, 0.5) is 11.9 Å². The lowest BCUT2D eigenvalue weighted by atomic mass is 10.1. The predicted molar refractivity (Wildman–Crippen MR) is 96.3 cm³/mol. The number of thioether (sulfide) groups is 1. The van der Waals surface area contributed by atoms with Gasteiger partial charge in [0, 0.05) is 6.04 Å². The third-order valence-corrected chi connectivity index (χ3v) is 4.36. The largest absolute Gasteiger partial charge is 0.368 e. The molecule has 7 nitrogen and oxygen atoms in total. The first-order chi connectivity index (χ1) is 11.4. The molecule has 2 atom stereocenters. The molecule has 0 aliphatic carbocycles. The summed E-state index contributed by atoms with van der Waals surface area (Å²) in [6, 6.07) is 10.3. The molecule has 0 fully saturated rings. The molecule has 2 aromatic rings. The summed E-state index contributed by atoms with van der Waals surface area (Å²) in [6.07, 6.45) is 1.79. The predicted octanol–water partition coefficient (Wildman–Crippen LogP) is 1.65. The van der Waals surface area contributed by atoms with Crippen molar-refractivity contribution in [3.05, 3.63) is 35.9 Å². The van der Waals surface area contributed by atoms with Gasteiger partial charge < -0.3 is 16.8 Å². The number of nitrogen functional groups attached to an aromatic ring is 2. The van der Waals surface area contributed by atoms with Crippen LogP contribution >= 0.6 is 11.8 Å². The molecule has 0 saturated heterocycles. The maximum absolute atomic E-state index is 12.3. The molecule has 1 aromatic carbocycles. The Morgan fingerprint density at radius 3 is 2.38 bits per heavy atom. The number of carbonyl (C=O) groups excluding carboxylic acids is 1. The molecule has 0 radical (unpaired) electrons. The summed E-state index contributed by atoms with van der Waals surface area (Å²) < 4.78 is 0. The number of nitrogens with one attached hydrogen (secondary N) is 1. The molecule has 0 aliphatic rings. The molecule has 0 saturated carbocycles. The second-order valence-electron chi connectivity index (χ2n) is 5.53. The molecule has 2 rings (SSSR count). The Morgan fingerprint density at radius 2 is 1.75 bits per heavy atom. The van der Waals surface area contributed by atoms with E-state index in [-0.39, 0.29) is 29.1 Å². The van der Waals surface area contributed by atoms with Gasteiger partial charge in [0.2, 0.25) is 17.8 Å². The molecule has 0 aliphatic heterocycles. The van der Waals surface area contributed by atoms with Crippen molar-refractivity contribution in [1.29, 1.82) is 0 Å². The molecule has 1 aromatic heterocycles. The molecule has 0 bridgehead atoms. The van der Waals surface area contributed by atoms with E-state index in [2.05, 4.69) is 32.4 Å². The topological polar surface area (TPSA) is 120 Å². The third-order valence-electron chi connectivity index (χ3n) is 3.40. The van der Waals surface area contributed by atoms with Crippen LogP contribution < -0.4 is 16.8 Å². The van der Waals surface area contributed by atoms with Gasteiger partial charge in [0.25, 0.3) is 0 Å². The first-order valence-corrected chi connectivity index (χ1v) is 8.60. The molecule has 1 heterocycles. The van der Waals surface area contributed by atoms with Gasteiger partial charge in [-0.3, -0.25) is 4.79 Å². The van der Waals surface area contributed by atoms with Gasteiger partial charge in [-0.15, -0.1) is 0 Å². The first-order valence-electron chi connectivity index (χ1n) is 7.72. The van der Waals surface area contributed by atoms with Gasteiger partial charge in [0.1, 0.15) is 0 Å². The molecule has 128 valence electrons. The van der Waals surface area contributed by atoms with Crippen LogP contribution in [0.1, 0.15) is 25.8 Å². The van der Waals surface area contributed by atoms with Gasteiger partial charge in [-0.1, -0.05) is 42.1 Å². The highest BCUT2D eigenvalue weighted by atomic mass is 32.2. The van der Waals surface area contributed by atoms with E-state index in [0.29, 0.717) is 5.16 Å². The number of carbonyl (C=O) groups is 1. The van der Waals surface area contributed by atoms with Gasteiger partial charge in [0.15, 0.2) is 5.16 Å². The number of hydrogen-bond acceptors (Lipinski definition) is 7. The van der Waals surface area contributed by atoms with Crippen molar-refractivity contribution in [1.82, 2.24) is 20.3 Å². The van der Waals surface area contributed by atoms with Crippen LogP contribution in [-0.2, 0) is 11.2 Å². The van der Waals surface area contributed by atoms with E-state index in [1.165, 1.54) is 17.3 Å². The Morgan fingerprint density at radius 1 is 1.12 bits per heavy atom. The molecule has 24 heavy (non-hydrogen) atoms. The third kappa shape index (κ3) is 5.69. The van der Waals surface area contributed by atoms with Crippen molar-refractivity contribution in [2.75, 3.05) is 11.5 Å². The highest BCUT2D eigenvalue weighted by molar-refractivity contribution is 8.00. The van der Waals surface area contributed by atoms with Crippen LogP contribution in [0.3, 0.4) is 0 Å². The summed E-state index contributed by atoms with van der Waals surface area (Å²) in [5.41, 5.74) is 12.3. The van der Waals surface area contributed by atoms with E-state index in [1.807, 2.05) is 25.1 Å². The van der Waals surface area contributed by atoms with Gasteiger partial charge >= 0.3 is 0 Å². The van der Waals surface area contributed by atoms with Crippen LogP contribution in [0.15, 0.2) is 35.5 Å². The average Bonchev–Trinajstić information content (AvgIpc) is 2.53. The summed E-state index contributed by atoms with van der Waals surface area (Å²) in [6.45, 7) is 3.79. The number of anilines is 2. The summed E-state index contributed by atoms with van der Waals surface area (Å²) in [7, 11) is 0. The highest BCUT2D eigenvalue weighted by Crippen LogP contribution is 2.20. The van der Waals surface area contributed by atoms with Crippen LogP contribution in [0.5, 0.6) is 0 Å². The lowest BCUT2D eigenvalue weighted by molar-refractivity contribution is -0.120. The van der Waals surface area contributed by atoms with Crippen LogP contribution in [0.25, 0.3) is 0 Å². The van der Waals surface area contributed by atoms with Crippen molar-refractivity contribution in [2.24, 2.45) is 0 Å². The number of aryl methyl sites for hydroxylation is 1. The number of benzene rings is 1. The van der Waals surface area contributed by atoms with Crippen molar-refractivity contribution in [3.63, 3.8) is 0 Å². The van der Waals surface area contributed by atoms with Crippen molar-refractivity contribution in [3.8, 4) is 0 Å². The minimum Gasteiger partial charge on any atom is -0.368 e. The monoisotopic (exact) mass is 346 g/mol. The normalized spacial score (nSPS) is 13.2. The Balaban J connectivity index is 1.82. The number of hydrogen-bond donors (Lipinski definition) is 3. The van der Waals surface area contributed by atoms with E-state index in [1.54, 1.807) is 6.92 Å². The molecule has 0 spiro atoms. The number of aromatic nitrogens is 3. The Labute approximate surface area is 145 Å². The Bertz CT molecular complexity index is 661. The second kappa shape index (κ2) is 8.49. The number of rotatable bonds is 7. The van der Waals surface area contributed by atoms with Crippen molar-refractivity contribution < 1.29 is 4.79 Å². The number of nitrogens with two attached hydrogens (primary N) is 2. The van der Waals surface area contributed by atoms with Gasteiger partial charge in [-0.05, 0) is 32.3 Å². The molecular weight excluding hydrogens is 324 g/mol. The molecule has 2 unspecified atom stereocenters. The zero-order chi connectivity index (χ0) is 17.5. The molecule has 5 N–H and O–H groups in total. The van der Waals surface area contributed by atoms with Crippen LogP contribution in [-0.4, -0.2) is 32.2 Å². The van der Waals surface area contributed by atoms with Gasteiger partial charge in [-0.25, -0.2) is 0 Å². The van der Waals surface area contributed by atoms with Gasteiger partial charge in [-0.2, -0.15) is 15.0 Å². The maximum atomic E-state index is 12.3. The standard InChI is InChI=1S/C16H22N6OS/c1-10(8-9-12-6-4-3-5-7-12)19-13(23)11(2)24-16-21-14(17)20-15(18)22-16/h3-7,10-11H,8-9H2,1-2H3,(H,19,23)(H4,17,18,20,21,22). The lowest BCUT2D eigenvalue weighted by Gasteiger charge is -2.17. The number of nitrogens with zero attached hydrogens (tertiary/aromatic N) is 3. The minimum atomic E-state index is -0.356. The zero-order valence-corrected chi connectivity index (χ0v) is 14.6. The fourth-order valence-corrected chi connectivity index (χ4v) is 2.90. The zero-order valence-electron chi connectivity index (χ0n) is 13.8. The smallest absolute Gasteiger partial charge is 0.233 e. The maximum Gasteiger partial charge on any atom is 0.233 e. The van der Waals surface area contributed by atoms with Crippen LogP contribution in [0.2, 0.25) is 0 Å². The fourth-order valence-electron chi connectivity index (χ4n) is 2.11. The summed E-state index contributed by atoms with van der Waals surface area (Å²) in [5, 5.41) is 3.00. The second-order valence-corrected chi connectivity index (χ2v) is 6.84. The van der Waals surface area contributed by atoms with E-state index in [4.69, 9.17) is 11.5 Å².